The van der Waals surface area contributed by atoms with Crippen LogP contribution in [0.3, 0.4) is 0 Å². The Balaban J connectivity index is 1.62. The summed E-state index contributed by atoms with van der Waals surface area (Å²) in [6.45, 7) is 3.29. The Bertz CT molecular complexity index is 924. The van der Waals surface area contributed by atoms with E-state index in [9.17, 15) is 9.59 Å². The minimum Gasteiger partial charge on any atom is -0.493 e. The van der Waals surface area contributed by atoms with E-state index in [1.54, 1.807) is 31.3 Å². The molecule has 2 aliphatic rings. The van der Waals surface area contributed by atoms with Crippen molar-refractivity contribution in [1.82, 2.24) is 4.90 Å². The van der Waals surface area contributed by atoms with E-state index in [0.717, 1.165) is 24.3 Å². The van der Waals surface area contributed by atoms with Crippen molar-refractivity contribution >= 4 is 17.4 Å². The average molecular weight is 366 g/mol. The fourth-order valence-electron chi connectivity index (χ4n) is 3.96. The summed E-state index contributed by atoms with van der Waals surface area (Å²) in [5.41, 5.74) is 3.56. The Morgan fingerprint density at radius 1 is 1.07 bits per heavy atom. The van der Waals surface area contributed by atoms with Gasteiger partial charge in [-0.2, -0.15) is 0 Å². The van der Waals surface area contributed by atoms with Crippen LogP contribution in [-0.4, -0.2) is 44.0 Å². The molecule has 1 atom stereocenters. The van der Waals surface area contributed by atoms with Crippen LogP contribution < -0.4 is 14.4 Å². The number of carbonyl (C=O) groups is 2. The molecule has 6 heteroatoms. The van der Waals surface area contributed by atoms with Crippen LogP contribution in [0.15, 0.2) is 36.4 Å². The second-order valence-electron chi connectivity index (χ2n) is 6.87. The molecule has 0 aliphatic carbocycles. The van der Waals surface area contributed by atoms with Crippen molar-refractivity contribution in [3.8, 4) is 11.5 Å². The van der Waals surface area contributed by atoms with Gasteiger partial charge in [-0.15, -0.1) is 0 Å². The summed E-state index contributed by atoms with van der Waals surface area (Å²) >= 11 is 0. The molecule has 0 fully saturated rings. The lowest BCUT2D eigenvalue weighted by atomic mass is 9.93. The van der Waals surface area contributed by atoms with E-state index in [2.05, 4.69) is 11.8 Å². The van der Waals surface area contributed by atoms with Gasteiger partial charge in [0.1, 0.15) is 0 Å². The van der Waals surface area contributed by atoms with Crippen molar-refractivity contribution in [3.05, 3.63) is 53.1 Å². The zero-order valence-electron chi connectivity index (χ0n) is 15.7. The summed E-state index contributed by atoms with van der Waals surface area (Å²) in [6.07, 6.45) is 0.845. The van der Waals surface area contributed by atoms with Crippen LogP contribution >= 0.6 is 0 Å². The third kappa shape index (κ3) is 2.77. The molecule has 0 unspecified atom stereocenters. The number of ether oxygens (including phenoxy) is 2. The molecule has 0 spiro atoms. The molecular formula is C21H22N2O4. The lowest BCUT2D eigenvalue weighted by Crippen LogP contribution is -2.44. The maximum Gasteiger partial charge on any atom is 0.300 e. The summed E-state index contributed by atoms with van der Waals surface area (Å²) in [5.74, 6) is 0.539. The van der Waals surface area contributed by atoms with E-state index in [1.807, 2.05) is 24.3 Å². The number of amides is 1. The van der Waals surface area contributed by atoms with E-state index in [1.165, 1.54) is 5.56 Å². The molecule has 0 saturated carbocycles. The number of hydrogen-bond acceptors (Lipinski definition) is 5. The highest BCUT2D eigenvalue weighted by Crippen LogP contribution is 2.38. The second kappa shape index (κ2) is 6.70. The Kier molecular flexibility index (Phi) is 4.36. The first-order valence-electron chi connectivity index (χ1n) is 8.99. The van der Waals surface area contributed by atoms with Gasteiger partial charge in [-0.1, -0.05) is 12.1 Å². The van der Waals surface area contributed by atoms with Crippen LogP contribution in [0.2, 0.25) is 0 Å². The van der Waals surface area contributed by atoms with Gasteiger partial charge in [-0.05, 0) is 48.7 Å². The minimum absolute atomic E-state index is 0.0872. The minimum atomic E-state index is -0.457. The first-order chi connectivity index (χ1) is 13.0. The van der Waals surface area contributed by atoms with Gasteiger partial charge in [-0.25, -0.2) is 0 Å². The number of carbonyl (C=O) groups excluding carboxylic acids is 2. The predicted molar refractivity (Wildman–Crippen MR) is 101 cm³/mol. The molecule has 0 N–H and O–H groups in total. The third-order valence-corrected chi connectivity index (χ3v) is 5.51. The van der Waals surface area contributed by atoms with Crippen LogP contribution in [-0.2, 0) is 11.2 Å². The number of ketones is 1. The van der Waals surface area contributed by atoms with Gasteiger partial charge in [0, 0.05) is 12.6 Å². The van der Waals surface area contributed by atoms with Crippen LogP contribution in [0.1, 0.15) is 34.5 Å². The molecule has 2 heterocycles. The van der Waals surface area contributed by atoms with Crippen LogP contribution in [0.25, 0.3) is 0 Å². The van der Waals surface area contributed by atoms with Crippen LogP contribution in [0, 0.1) is 0 Å². The van der Waals surface area contributed by atoms with E-state index >= 15 is 0 Å². The molecule has 140 valence electrons. The number of rotatable bonds is 4. The normalized spacial score (nSPS) is 19.1. The van der Waals surface area contributed by atoms with Crippen molar-refractivity contribution in [2.75, 3.05) is 32.3 Å². The van der Waals surface area contributed by atoms with E-state index < -0.39 is 11.7 Å². The van der Waals surface area contributed by atoms with Crippen molar-refractivity contribution in [2.45, 2.75) is 19.4 Å². The number of nitrogens with zero attached hydrogens (tertiary/aromatic N) is 2. The van der Waals surface area contributed by atoms with Gasteiger partial charge in [0.2, 0.25) is 0 Å². The summed E-state index contributed by atoms with van der Waals surface area (Å²) in [4.78, 5) is 28.5. The average Bonchev–Trinajstić information content (AvgIpc) is 2.94. The largest absolute Gasteiger partial charge is 0.493 e. The van der Waals surface area contributed by atoms with Gasteiger partial charge >= 0.3 is 5.91 Å². The van der Waals surface area contributed by atoms with Crippen molar-refractivity contribution < 1.29 is 19.1 Å². The highest BCUT2D eigenvalue weighted by Gasteiger charge is 2.37. The number of Topliss-reactive ketones (excluding diaryl/α,β-unsaturated/α-hetero) is 1. The highest BCUT2D eigenvalue weighted by molar-refractivity contribution is 6.52. The lowest BCUT2D eigenvalue weighted by molar-refractivity contribution is -0.114. The zero-order valence-corrected chi connectivity index (χ0v) is 15.7. The molecule has 0 bridgehead atoms. The van der Waals surface area contributed by atoms with E-state index in [0.29, 0.717) is 23.7 Å². The molecule has 4 rings (SSSR count). The van der Waals surface area contributed by atoms with E-state index in [-0.39, 0.29) is 6.04 Å². The molecule has 1 amide bonds. The Morgan fingerprint density at radius 2 is 1.78 bits per heavy atom. The fraction of sp³-hybridized carbons (Fsp3) is 0.333. The van der Waals surface area contributed by atoms with Gasteiger partial charge in [0.05, 0.1) is 32.1 Å². The number of benzene rings is 2. The van der Waals surface area contributed by atoms with Gasteiger partial charge in [0.25, 0.3) is 5.78 Å². The fourth-order valence-corrected chi connectivity index (χ4v) is 3.96. The molecule has 27 heavy (non-hydrogen) atoms. The molecule has 2 aromatic carbocycles. The maximum atomic E-state index is 12.5. The quantitative estimate of drug-likeness (QED) is 0.779. The highest BCUT2D eigenvalue weighted by atomic mass is 16.5. The number of anilines is 1. The van der Waals surface area contributed by atoms with Crippen molar-refractivity contribution in [3.63, 3.8) is 0 Å². The SMILES string of the molecule is COc1cc2c(cc1OC)[C@H](C)N(CN1C(=O)C(=O)c3ccccc31)CC2. The van der Waals surface area contributed by atoms with E-state index in [4.69, 9.17) is 9.47 Å². The molecule has 2 aliphatic heterocycles. The number of methoxy groups -OCH3 is 2. The van der Waals surface area contributed by atoms with Gasteiger partial charge in [-0.3, -0.25) is 19.4 Å². The number of hydrogen-bond donors (Lipinski definition) is 0. The molecule has 0 saturated heterocycles. The van der Waals surface area contributed by atoms with Crippen LogP contribution in [0.4, 0.5) is 5.69 Å². The number of fused-ring (bicyclic) bond motifs is 2. The van der Waals surface area contributed by atoms with Crippen molar-refractivity contribution in [1.29, 1.82) is 0 Å². The third-order valence-electron chi connectivity index (χ3n) is 5.51. The second-order valence-corrected chi connectivity index (χ2v) is 6.87. The standard InChI is InChI=1S/C21H22N2O4/c1-13-16-11-19(27-3)18(26-2)10-14(16)8-9-22(13)12-23-17-7-5-4-6-15(17)20(24)21(23)25/h4-7,10-11,13H,8-9,12H2,1-3H3/t13-/m0/s1. The smallest absolute Gasteiger partial charge is 0.300 e. The number of para-hydroxylation sites is 1. The molecule has 6 nitrogen and oxygen atoms in total. The summed E-state index contributed by atoms with van der Waals surface area (Å²) in [7, 11) is 3.26. The maximum absolute atomic E-state index is 12.5. The molecule has 0 radical (unpaired) electrons. The lowest BCUT2D eigenvalue weighted by Gasteiger charge is -2.37. The monoisotopic (exact) mass is 366 g/mol. The topological polar surface area (TPSA) is 59.1 Å². The Morgan fingerprint density at radius 3 is 2.52 bits per heavy atom. The zero-order chi connectivity index (χ0) is 19.1. The molecule has 0 aromatic heterocycles. The van der Waals surface area contributed by atoms with Crippen molar-refractivity contribution in [2.24, 2.45) is 0 Å². The van der Waals surface area contributed by atoms with Gasteiger partial charge in [0.15, 0.2) is 11.5 Å². The summed E-state index contributed by atoms with van der Waals surface area (Å²) in [5, 5.41) is 0. The Labute approximate surface area is 158 Å². The summed E-state index contributed by atoms with van der Waals surface area (Å²) in [6, 6.07) is 11.3. The molecule has 2 aromatic rings. The molecular weight excluding hydrogens is 344 g/mol. The Hall–Kier alpha value is -2.86. The van der Waals surface area contributed by atoms with Gasteiger partial charge < -0.3 is 9.47 Å². The first kappa shape index (κ1) is 17.5. The first-order valence-corrected chi connectivity index (χ1v) is 8.99. The predicted octanol–water partition coefficient (Wildman–Crippen LogP) is 2.81. The summed E-state index contributed by atoms with van der Waals surface area (Å²) < 4.78 is 10.9. The van der Waals surface area contributed by atoms with Crippen LogP contribution in [0.5, 0.6) is 11.5 Å².